The smallest absolute Gasteiger partial charge is 0.323 e. The fourth-order valence-electron chi connectivity index (χ4n) is 6.40. The third-order valence-corrected chi connectivity index (χ3v) is 8.92. The summed E-state index contributed by atoms with van der Waals surface area (Å²) in [5.74, 6) is 1.04. The molecule has 3 aromatic carbocycles. The molecule has 0 spiro atoms. The third-order valence-electron chi connectivity index (χ3n) is 8.92. The minimum absolute atomic E-state index is 0.0151. The van der Waals surface area contributed by atoms with Crippen LogP contribution in [0.3, 0.4) is 0 Å². The Morgan fingerprint density at radius 2 is 1.69 bits per heavy atom. The van der Waals surface area contributed by atoms with Crippen LogP contribution in [-0.2, 0) is 35.6 Å². The average molecular weight is 609 g/mol. The second-order valence-electron chi connectivity index (χ2n) is 13.2. The van der Waals surface area contributed by atoms with Crippen molar-refractivity contribution in [3.63, 3.8) is 0 Å². The number of allylic oxidation sites excluding steroid dienone is 1. The quantitative estimate of drug-likeness (QED) is 0.201. The molecule has 2 aliphatic rings. The summed E-state index contributed by atoms with van der Waals surface area (Å²) in [7, 11) is 0. The number of aryl methyl sites for hydroxylation is 1. The highest BCUT2D eigenvalue weighted by Gasteiger charge is 2.28. The van der Waals surface area contributed by atoms with Crippen LogP contribution in [0.15, 0.2) is 67.2 Å². The number of amides is 1. The third kappa shape index (κ3) is 8.43. The lowest BCUT2D eigenvalue weighted by atomic mass is 9.99. The Balaban J connectivity index is 1.20. The molecule has 3 aromatic rings. The molecule has 1 heterocycles. The van der Waals surface area contributed by atoms with Crippen molar-refractivity contribution < 1.29 is 19.1 Å². The van der Waals surface area contributed by atoms with Crippen LogP contribution in [0.25, 0.3) is 5.57 Å². The lowest BCUT2D eigenvalue weighted by Crippen LogP contribution is -2.41. The molecule has 1 N–H and O–H groups in total. The van der Waals surface area contributed by atoms with Crippen LogP contribution < -0.4 is 10.1 Å². The molecule has 5 rings (SSSR count). The Morgan fingerprint density at radius 3 is 2.40 bits per heavy atom. The van der Waals surface area contributed by atoms with E-state index in [4.69, 9.17) is 9.47 Å². The SMILES string of the molecule is C=C(C)c1cc(C(=O)N2Cc3ccc(CCN[C@@H](CC(C)C)C(=O)OC4CCCC4)cc3C2)c(C)cc1OCc1ccccc1. The molecule has 45 heavy (non-hydrogen) atoms. The highest BCUT2D eigenvalue weighted by molar-refractivity contribution is 5.97. The first kappa shape index (κ1) is 32.5. The number of rotatable bonds is 13. The van der Waals surface area contributed by atoms with Crippen LogP contribution in [0.2, 0.25) is 0 Å². The van der Waals surface area contributed by atoms with E-state index in [1.165, 1.54) is 16.7 Å². The molecular formula is C39H48N2O4. The maximum absolute atomic E-state index is 13.8. The van der Waals surface area contributed by atoms with Crippen molar-refractivity contribution in [2.75, 3.05) is 6.54 Å². The van der Waals surface area contributed by atoms with Crippen LogP contribution in [0.4, 0.5) is 0 Å². The van der Waals surface area contributed by atoms with Crippen molar-refractivity contribution in [3.8, 4) is 5.75 Å². The number of fused-ring (bicyclic) bond motifs is 1. The molecule has 1 fully saturated rings. The number of ether oxygens (including phenoxy) is 2. The van der Waals surface area contributed by atoms with Crippen LogP contribution in [0, 0.1) is 12.8 Å². The van der Waals surface area contributed by atoms with Gasteiger partial charge in [-0.15, -0.1) is 0 Å². The van der Waals surface area contributed by atoms with E-state index in [0.717, 1.165) is 66.5 Å². The van der Waals surface area contributed by atoms with Crippen LogP contribution in [-0.4, -0.2) is 35.5 Å². The molecule has 1 amide bonds. The molecule has 0 unspecified atom stereocenters. The molecule has 1 aliphatic heterocycles. The Kier molecular flexibility index (Phi) is 10.8. The summed E-state index contributed by atoms with van der Waals surface area (Å²) in [5, 5.41) is 3.48. The van der Waals surface area contributed by atoms with Gasteiger partial charge in [-0.3, -0.25) is 9.59 Å². The number of hydrogen-bond acceptors (Lipinski definition) is 5. The van der Waals surface area contributed by atoms with E-state index in [2.05, 4.69) is 43.9 Å². The number of esters is 1. The van der Waals surface area contributed by atoms with Crippen LogP contribution >= 0.6 is 0 Å². The second kappa shape index (κ2) is 14.9. The fourth-order valence-corrected chi connectivity index (χ4v) is 6.40. The van der Waals surface area contributed by atoms with Gasteiger partial charge in [0.15, 0.2) is 0 Å². The molecule has 0 radical (unpaired) electrons. The molecule has 0 bridgehead atoms. The van der Waals surface area contributed by atoms with E-state index in [-0.39, 0.29) is 24.0 Å². The standard InChI is InChI=1S/C39H48N2O4/c1-26(2)19-36(39(43)45-33-13-9-10-14-33)40-18-17-29-15-16-31-23-41(24-32(31)21-29)38(42)35-22-34(27(3)4)37(20-28(35)5)44-25-30-11-7-6-8-12-30/h6-8,11-12,15-16,20-22,26,33,36,40H,3,9-10,13-14,17-19,23-25H2,1-2,4-5H3/t36-/m0/s1. The normalized spacial score (nSPS) is 15.3. The van der Waals surface area contributed by atoms with E-state index < -0.39 is 0 Å². The molecule has 1 saturated carbocycles. The van der Waals surface area contributed by atoms with Gasteiger partial charge in [0.05, 0.1) is 0 Å². The van der Waals surface area contributed by atoms with E-state index in [9.17, 15) is 9.59 Å². The Bertz CT molecular complexity index is 1510. The van der Waals surface area contributed by atoms with Crippen molar-refractivity contribution in [3.05, 3.63) is 106 Å². The van der Waals surface area contributed by atoms with Crippen molar-refractivity contribution >= 4 is 17.4 Å². The summed E-state index contributed by atoms with van der Waals surface area (Å²) in [5.41, 5.74) is 7.93. The summed E-state index contributed by atoms with van der Waals surface area (Å²) in [6.45, 7) is 14.7. The number of carbonyl (C=O) groups excluding carboxylic acids is 2. The maximum Gasteiger partial charge on any atom is 0.323 e. The summed E-state index contributed by atoms with van der Waals surface area (Å²) in [6.07, 6.45) is 5.91. The molecule has 1 atom stereocenters. The summed E-state index contributed by atoms with van der Waals surface area (Å²) in [6, 6.07) is 20.2. The van der Waals surface area contributed by atoms with Crippen molar-refractivity contribution in [1.29, 1.82) is 0 Å². The number of nitrogens with one attached hydrogen (secondary N) is 1. The minimum atomic E-state index is -0.282. The van der Waals surface area contributed by atoms with Gasteiger partial charge in [-0.1, -0.05) is 69.0 Å². The van der Waals surface area contributed by atoms with Gasteiger partial charge in [0.25, 0.3) is 5.91 Å². The first-order chi connectivity index (χ1) is 21.7. The van der Waals surface area contributed by atoms with Gasteiger partial charge in [-0.25, -0.2) is 0 Å². The van der Waals surface area contributed by atoms with Gasteiger partial charge in [0.1, 0.15) is 24.5 Å². The molecule has 6 heteroatoms. The predicted molar refractivity (Wildman–Crippen MR) is 180 cm³/mol. The largest absolute Gasteiger partial charge is 0.488 e. The molecule has 238 valence electrons. The monoisotopic (exact) mass is 608 g/mol. The summed E-state index contributed by atoms with van der Waals surface area (Å²) >= 11 is 0. The highest BCUT2D eigenvalue weighted by Crippen LogP contribution is 2.32. The minimum Gasteiger partial charge on any atom is -0.488 e. The van der Waals surface area contributed by atoms with Gasteiger partial charge in [0, 0.05) is 24.2 Å². The van der Waals surface area contributed by atoms with Crippen molar-refractivity contribution in [1.82, 2.24) is 10.2 Å². The Labute approximate surface area is 268 Å². The first-order valence-corrected chi connectivity index (χ1v) is 16.5. The van der Waals surface area contributed by atoms with E-state index >= 15 is 0 Å². The van der Waals surface area contributed by atoms with E-state index in [1.807, 2.05) is 61.2 Å². The molecule has 1 aliphatic carbocycles. The van der Waals surface area contributed by atoms with Crippen LogP contribution in [0.1, 0.15) is 96.6 Å². The number of nitrogens with zero attached hydrogens (tertiary/aromatic N) is 1. The van der Waals surface area contributed by atoms with Crippen molar-refractivity contribution in [2.45, 2.75) is 98.1 Å². The fraction of sp³-hybridized carbons (Fsp3) is 0.436. The summed E-state index contributed by atoms with van der Waals surface area (Å²) < 4.78 is 12.0. The number of carbonyl (C=O) groups is 2. The van der Waals surface area contributed by atoms with Crippen molar-refractivity contribution in [2.24, 2.45) is 5.92 Å². The van der Waals surface area contributed by atoms with Gasteiger partial charge in [0.2, 0.25) is 0 Å². The average Bonchev–Trinajstić information content (AvgIpc) is 3.69. The Hall–Kier alpha value is -3.90. The second-order valence-corrected chi connectivity index (χ2v) is 13.2. The first-order valence-electron chi connectivity index (χ1n) is 16.5. The zero-order chi connectivity index (χ0) is 31.9. The maximum atomic E-state index is 13.8. The van der Waals surface area contributed by atoms with Gasteiger partial charge >= 0.3 is 5.97 Å². The molecule has 0 aromatic heterocycles. The van der Waals surface area contributed by atoms with Crippen LogP contribution in [0.5, 0.6) is 5.75 Å². The van der Waals surface area contributed by atoms with E-state index in [1.54, 1.807) is 0 Å². The topological polar surface area (TPSA) is 67.9 Å². The molecular weight excluding hydrogens is 560 g/mol. The lowest BCUT2D eigenvalue weighted by molar-refractivity contribution is -0.151. The van der Waals surface area contributed by atoms with Gasteiger partial charge in [-0.05, 0) is 110 Å². The predicted octanol–water partition coefficient (Wildman–Crippen LogP) is 7.80. The summed E-state index contributed by atoms with van der Waals surface area (Å²) in [4.78, 5) is 28.6. The highest BCUT2D eigenvalue weighted by atomic mass is 16.5. The zero-order valence-electron chi connectivity index (χ0n) is 27.4. The zero-order valence-corrected chi connectivity index (χ0v) is 27.4. The Morgan fingerprint density at radius 1 is 0.956 bits per heavy atom. The number of benzene rings is 3. The van der Waals surface area contributed by atoms with Gasteiger partial charge < -0.3 is 19.7 Å². The van der Waals surface area contributed by atoms with Gasteiger partial charge in [-0.2, -0.15) is 0 Å². The number of hydrogen-bond donors (Lipinski definition) is 1. The molecule has 6 nitrogen and oxygen atoms in total. The molecule has 0 saturated heterocycles. The van der Waals surface area contributed by atoms with E-state index in [0.29, 0.717) is 37.7 Å². The lowest BCUT2D eigenvalue weighted by Gasteiger charge is -2.22.